The van der Waals surface area contributed by atoms with E-state index < -0.39 is 17.5 Å². The predicted molar refractivity (Wildman–Crippen MR) is 72.9 cm³/mol. The zero-order valence-corrected chi connectivity index (χ0v) is 11.7. The predicted octanol–water partition coefficient (Wildman–Crippen LogP) is 2.00. The first-order valence-corrected chi connectivity index (χ1v) is 6.87. The molecule has 4 unspecified atom stereocenters. The first-order valence-electron chi connectivity index (χ1n) is 6.87. The molecule has 1 heterocycles. The van der Waals surface area contributed by atoms with Gasteiger partial charge in [-0.15, -0.1) is 0 Å². The quantitative estimate of drug-likeness (QED) is 0.891. The molecule has 1 aromatic rings. The smallest absolute Gasteiger partial charge is 0.222 e. The Labute approximate surface area is 117 Å². The number of piperidine rings is 1. The SMILES string of the molecule is CC1CC(C)C(C(N)=O)C(Cc2cc(F)ccc2F)N1. The second-order valence-corrected chi connectivity index (χ2v) is 5.76. The van der Waals surface area contributed by atoms with Crippen LogP contribution in [-0.4, -0.2) is 18.0 Å². The van der Waals surface area contributed by atoms with Crippen molar-refractivity contribution in [1.82, 2.24) is 5.32 Å². The zero-order chi connectivity index (χ0) is 14.9. The van der Waals surface area contributed by atoms with Crippen LogP contribution in [0, 0.1) is 23.5 Å². The summed E-state index contributed by atoms with van der Waals surface area (Å²) in [5.41, 5.74) is 5.74. The fourth-order valence-corrected chi connectivity index (χ4v) is 3.24. The number of primary amides is 1. The summed E-state index contributed by atoms with van der Waals surface area (Å²) in [6, 6.07) is 3.34. The van der Waals surface area contributed by atoms with Crippen molar-refractivity contribution in [3.05, 3.63) is 35.4 Å². The summed E-state index contributed by atoms with van der Waals surface area (Å²) < 4.78 is 27.0. The lowest BCUT2D eigenvalue weighted by molar-refractivity contribution is -0.125. The van der Waals surface area contributed by atoms with Crippen molar-refractivity contribution in [1.29, 1.82) is 0 Å². The maximum atomic E-state index is 13.7. The Morgan fingerprint density at radius 2 is 2.10 bits per heavy atom. The normalized spacial score (nSPS) is 30.2. The van der Waals surface area contributed by atoms with Crippen LogP contribution in [0.3, 0.4) is 0 Å². The van der Waals surface area contributed by atoms with Crippen LogP contribution in [0.25, 0.3) is 0 Å². The largest absolute Gasteiger partial charge is 0.369 e. The fraction of sp³-hybridized carbons (Fsp3) is 0.533. The second-order valence-electron chi connectivity index (χ2n) is 5.76. The minimum Gasteiger partial charge on any atom is -0.369 e. The number of amides is 1. The van der Waals surface area contributed by atoms with Crippen LogP contribution in [-0.2, 0) is 11.2 Å². The van der Waals surface area contributed by atoms with E-state index >= 15 is 0 Å². The molecule has 0 spiro atoms. The molecule has 1 aliphatic heterocycles. The van der Waals surface area contributed by atoms with Gasteiger partial charge in [-0.25, -0.2) is 8.78 Å². The number of rotatable bonds is 3. The molecule has 1 amide bonds. The number of nitrogens with one attached hydrogen (secondary N) is 1. The third-order valence-electron chi connectivity index (χ3n) is 4.05. The molecule has 0 bridgehead atoms. The molecule has 0 saturated carbocycles. The third-order valence-corrected chi connectivity index (χ3v) is 4.05. The van der Waals surface area contributed by atoms with Gasteiger partial charge in [-0.05, 0) is 49.4 Å². The molecule has 5 heteroatoms. The van der Waals surface area contributed by atoms with E-state index in [1.165, 1.54) is 6.07 Å². The lowest BCUT2D eigenvalue weighted by atomic mass is 9.77. The number of carbonyl (C=O) groups excluding carboxylic acids is 1. The van der Waals surface area contributed by atoms with Gasteiger partial charge in [-0.1, -0.05) is 6.92 Å². The van der Waals surface area contributed by atoms with Gasteiger partial charge in [-0.3, -0.25) is 4.79 Å². The second kappa shape index (κ2) is 5.87. The zero-order valence-electron chi connectivity index (χ0n) is 11.7. The average Bonchev–Trinajstić information content (AvgIpc) is 2.32. The van der Waals surface area contributed by atoms with E-state index in [-0.39, 0.29) is 35.9 Å². The van der Waals surface area contributed by atoms with Crippen molar-refractivity contribution in [3.63, 3.8) is 0 Å². The Bertz CT molecular complexity index is 507. The van der Waals surface area contributed by atoms with Crippen molar-refractivity contribution in [3.8, 4) is 0 Å². The maximum absolute atomic E-state index is 13.7. The molecule has 110 valence electrons. The Morgan fingerprint density at radius 3 is 2.75 bits per heavy atom. The van der Waals surface area contributed by atoms with E-state index in [0.29, 0.717) is 0 Å². The van der Waals surface area contributed by atoms with Gasteiger partial charge in [0, 0.05) is 12.1 Å². The molecule has 3 nitrogen and oxygen atoms in total. The highest BCUT2D eigenvalue weighted by molar-refractivity contribution is 5.78. The molecule has 4 atom stereocenters. The van der Waals surface area contributed by atoms with Crippen molar-refractivity contribution >= 4 is 5.91 Å². The number of hydrogen-bond acceptors (Lipinski definition) is 2. The summed E-state index contributed by atoms with van der Waals surface area (Å²) in [6.45, 7) is 3.99. The topological polar surface area (TPSA) is 55.1 Å². The van der Waals surface area contributed by atoms with Gasteiger partial charge in [0.25, 0.3) is 0 Å². The van der Waals surface area contributed by atoms with Gasteiger partial charge in [0.05, 0.1) is 5.92 Å². The van der Waals surface area contributed by atoms with E-state index in [0.717, 1.165) is 18.6 Å². The minimum absolute atomic E-state index is 0.130. The van der Waals surface area contributed by atoms with Gasteiger partial charge in [0.2, 0.25) is 5.91 Å². The van der Waals surface area contributed by atoms with Crippen molar-refractivity contribution in [2.45, 2.75) is 38.8 Å². The van der Waals surface area contributed by atoms with E-state index in [2.05, 4.69) is 5.32 Å². The highest BCUT2D eigenvalue weighted by Gasteiger charge is 2.37. The van der Waals surface area contributed by atoms with Gasteiger partial charge in [0.1, 0.15) is 11.6 Å². The Kier molecular flexibility index (Phi) is 4.38. The number of benzene rings is 1. The average molecular weight is 282 g/mol. The third kappa shape index (κ3) is 3.15. The summed E-state index contributed by atoms with van der Waals surface area (Å²) in [5.74, 6) is -1.56. The summed E-state index contributed by atoms with van der Waals surface area (Å²) in [5, 5.41) is 3.28. The molecule has 0 radical (unpaired) electrons. The first-order chi connectivity index (χ1) is 9.38. The van der Waals surface area contributed by atoms with Gasteiger partial charge >= 0.3 is 0 Å². The van der Waals surface area contributed by atoms with Crippen molar-refractivity contribution in [2.75, 3.05) is 0 Å². The lowest BCUT2D eigenvalue weighted by Crippen LogP contribution is -2.55. The number of halogens is 2. The summed E-state index contributed by atoms with van der Waals surface area (Å²) in [4.78, 5) is 11.6. The Balaban J connectivity index is 2.24. The van der Waals surface area contributed by atoms with Crippen LogP contribution < -0.4 is 11.1 Å². The Hall–Kier alpha value is -1.49. The van der Waals surface area contributed by atoms with Crippen molar-refractivity contribution < 1.29 is 13.6 Å². The lowest BCUT2D eigenvalue weighted by Gasteiger charge is -2.39. The molecule has 0 aliphatic carbocycles. The molecule has 0 aromatic heterocycles. The molecule has 1 fully saturated rings. The highest BCUT2D eigenvalue weighted by atomic mass is 19.1. The molecule has 1 aromatic carbocycles. The van der Waals surface area contributed by atoms with Crippen molar-refractivity contribution in [2.24, 2.45) is 17.6 Å². The molecular weight excluding hydrogens is 262 g/mol. The molecular formula is C15H20F2N2O. The van der Waals surface area contributed by atoms with Crippen LogP contribution in [0.15, 0.2) is 18.2 Å². The Morgan fingerprint density at radius 1 is 1.40 bits per heavy atom. The highest BCUT2D eigenvalue weighted by Crippen LogP contribution is 2.28. The van der Waals surface area contributed by atoms with E-state index in [4.69, 9.17) is 5.73 Å². The van der Waals surface area contributed by atoms with Crippen LogP contribution in [0.1, 0.15) is 25.8 Å². The van der Waals surface area contributed by atoms with Crippen LogP contribution in [0.2, 0.25) is 0 Å². The number of hydrogen-bond donors (Lipinski definition) is 2. The standard InChI is InChI=1S/C15H20F2N2O/c1-8-5-9(2)19-13(14(8)15(18)20)7-10-6-11(16)3-4-12(10)17/h3-4,6,8-9,13-14,19H,5,7H2,1-2H3,(H2,18,20). The molecule has 1 saturated heterocycles. The van der Waals surface area contributed by atoms with E-state index in [1.807, 2.05) is 13.8 Å². The molecule has 3 N–H and O–H groups in total. The van der Waals surface area contributed by atoms with E-state index in [9.17, 15) is 13.6 Å². The summed E-state index contributed by atoms with van der Waals surface area (Å²) in [7, 11) is 0. The molecule has 1 aliphatic rings. The van der Waals surface area contributed by atoms with Crippen LogP contribution in [0.4, 0.5) is 8.78 Å². The first kappa shape index (κ1) is 14.9. The molecule has 20 heavy (non-hydrogen) atoms. The number of carbonyl (C=O) groups is 1. The van der Waals surface area contributed by atoms with Gasteiger partial charge < -0.3 is 11.1 Å². The minimum atomic E-state index is -0.478. The van der Waals surface area contributed by atoms with Crippen LogP contribution in [0.5, 0.6) is 0 Å². The number of nitrogens with two attached hydrogens (primary N) is 1. The molecule has 2 rings (SSSR count). The summed E-state index contributed by atoms with van der Waals surface area (Å²) in [6.07, 6.45) is 1.10. The monoisotopic (exact) mass is 282 g/mol. The van der Waals surface area contributed by atoms with Gasteiger partial charge in [0.15, 0.2) is 0 Å². The maximum Gasteiger partial charge on any atom is 0.222 e. The van der Waals surface area contributed by atoms with Crippen LogP contribution >= 0.6 is 0 Å². The fourth-order valence-electron chi connectivity index (χ4n) is 3.24. The summed E-state index contributed by atoms with van der Waals surface area (Å²) >= 11 is 0. The van der Waals surface area contributed by atoms with Gasteiger partial charge in [-0.2, -0.15) is 0 Å². The van der Waals surface area contributed by atoms with E-state index in [1.54, 1.807) is 0 Å².